The van der Waals surface area contributed by atoms with Crippen molar-refractivity contribution in [3.63, 3.8) is 0 Å². The quantitative estimate of drug-likeness (QED) is 0.0633. The van der Waals surface area contributed by atoms with E-state index in [4.69, 9.17) is 0 Å². The molecule has 0 aromatic rings. The van der Waals surface area contributed by atoms with Gasteiger partial charge in [-0.15, -0.1) is 0 Å². The van der Waals surface area contributed by atoms with Crippen molar-refractivity contribution in [2.75, 3.05) is 6.61 Å². The van der Waals surface area contributed by atoms with E-state index in [1.165, 1.54) is 77.0 Å². The summed E-state index contributed by atoms with van der Waals surface area (Å²) in [5, 5.41) is 43.0. The maximum atomic E-state index is 12.3. The largest absolute Gasteiger partial charge is 0.394 e. The Morgan fingerprint density at radius 1 is 0.649 bits per heavy atom. The lowest BCUT2D eigenvalue weighted by atomic mass is 9.99. The molecule has 1 amide bonds. The van der Waals surface area contributed by atoms with Crippen LogP contribution in [0, 0.1) is 0 Å². The van der Waals surface area contributed by atoms with Crippen molar-refractivity contribution < 1.29 is 25.2 Å². The molecule has 0 saturated heterocycles. The highest BCUT2D eigenvalue weighted by atomic mass is 16.3. The third-order valence-corrected chi connectivity index (χ3v) is 7.23. The summed E-state index contributed by atoms with van der Waals surface area (Å²) in [5.74, 6) is -0.595. The Kier molecular flexibility index (Phi) is 26.0. The SMILES string of the molecule is CCCCCC/C=C\CCCCCCCCC(O)C(=O)NC(CO)C(O)C(O)CCCCCCCCC. The Balaban J connectivity index is 3.88. The van der Waals surface area contributed by atoms with Crippen LogP contribution in [0.1, 0.15) is 149 Å². The second-order valence-corrected chi connectivity index (χ2v) is 10.8. The van der Waals surface area contributed by atoms with Crippen LogP contribution in [0.5, 0.6) is 0 Å². The van der Waals surface area contributed by atoms with Gasteiger partial charge in [-0.3, -0.25) is 4.79 Å². The monoisotopic (exact) mass is 527 g/mol. The van der Waals surface area contributed by atoms with Crippen LogP contribution in [-0.2, 0) is 4.79 Å². The zero-order valence-corrected chi connectivity index (χ0v) is 24.2. The molecule has 0 aliphatic carbocycles. The summed E-state index contributed by atoms with van der Waals surface area (Å²) >= 11 is 0. The number of hydrogen-bond donors (Lipinski definition) is 5. The standard InChI is InChI=1S/C31H61NO5/c1-3-5-7-9-11-12-13-14-15-16-17-19-21-23-25-29(35)31(37)32-27(26-33)30(36)28(34)24-22-20-18-10-8-6-4-2/h12-13,27-30,33-36H,3-11,14-26H2,1-2H3,(H,32,37)/b13-12-. The highest BCUT2D eigenvalue weighted by Crippen LogP contribution is 2.14. The van der Waals surface area contributed by atoms with Crippen LogP contribution in [0.2, 0.25) is 0 Å². The topological polar surface area (TPSA) is 110 Å². The molecule has 37 heavy (non-hydrogen) atoms. The van der Waals surface area contributed by atoms with E-state index < -0.39 is 36.9 Å². The number of hydrogen-bond acceptors (Lipinski definition) is 5. The fourth-order valence-electron chi connectivity index (χ4n) is 4.63. The molecule has 4 atom stereocenters. The van der Waals surface area contributed by atoms with Gasteiger partial charge in [0.25, 0.3) is 0 Å². The molecule has 0 heterocycles. The van der Waals surface area contributed by atoms with Crippen LogP contribution >= 0.6 is 0 Å². The Morgan fingerprint density at radius 3 is 1.59 bits per heavy atom. The zero-order chi connectivity index (χ0) is 27.6. The lowest BCUT2D eigenvalue weighted by Gasteiger charge is -2.27. The van der Waals surface area contributed by atoms with Crippen LogP contribution in [0.4, 0.5) is 0 Å². The molecule has 0 bridgehead atoms. The van der Waals surface area contributed by atoms with Gasteiger partial charge in [0.1, 0.15) is 12.2 Å². The van der Waals surface area contributed by atoms with Crippen molar-refractivity contribution in [3.05, 3.63) is 12.2 Å². The Bertz CT molecular complexity index is 528. The third kappa shape index (κ3) is 21.7. The summed E-state index contributed by atoms with van der Waals surface area (Å²) in [6.45, 7) is 3.94. The van der Waals surface area contributed by atoms with Gasteiger partial charge in [-0.1, -0.05) is 122 Å². The molecule has 0 aliphatic rings. The zero-order valence-electron chi connectivity index (χ0n) is 24.2. The summed E-state index contributed by atoms with van der Waals surface area (Å²) in [7, 11) is 0. The summed E-state index contributed by atoms with van der Waals surface area (Å²) in [4.78, 5) is 12.3. The molecule has 0 aromatic carbocycles. The number of carbonyl (C=O) groups is 1. The number of allylic oxidation sites excluding steroid dienone is 2. The van der Waals surface area contributed by atoms with Gasteiger partial charge in [-0.2, -0.15) is 0 Å². The average molecular weight is 528 g/mol. The van der Waals surface area contributed by atoms with Crippen LogP contribution < -0.4 is 5.32 Å². The first-order valence-corrected chi connectivity index (χ1v) is 15.6. The molecule has 5 N–H and O–H groups in total. The van der Waals surface area contributed by atoms with Gasteiger partial charge in [0.2, 0.25) is 5.91 Å². The molecule has 6 nitrogen and oxygen atoms in total. The fourth-order valence-corrected chi connectivity index (χ4v) is 4.63. The van der Waals surface area contributed by atoms with Gasteiger partial charge in [-0.05, 0) is 38.5 Å². The van der Waals surface area contributed by atoms with Crippen molar-refractivity contribution >= 4 is 5.91 Å². The summed E-state index contributed by atoms with van der Waals surface area (Å²) in [6.07, 6.45) is 23.8. The predicted octanol–water partition coefficient (Wildman–Crippen LogP) is 6.33. The molecule has 0 rings (SSSR count). The number of aliphatic hydroxyl groups excluding tert-OH is 4. The van der Waals surface area contributed by atoms with E-state index in [1.807, 2.05) is 0 Å². The number of carbonyl (C=O) groups excluding carboxylic acids is 1. The fraction of sp³-hybridized carbons (Fsp3) is 0.903. The van der Waals surface area contributed by atoms with Crippen LogP contribution in [0.25, 0.3) is 0 Å². The number of nitrogens with one attached hydrogen (secondary N) is 1. The second-order valence-electron chi connectivity index (χ2n) is 10.8. The highest BCUT2D eigenvalue weighted by Gasteiger charge is 2.28. The summed E-state index contributed by atoms with van der Waals surface area (Å²) in [6, 6.07) is -0.980. The lowest BCUT2D eigenvalue weighted by Crippen LogP contribution is -2.53. The Labute approximate surface area is 228 Å². The molecular weight excluding hydrogens is 466 g/mol. The third-order valence-electron chi connectivity index (χ3n) is 7.23. The minimum atomic E-state index is -1.25. The van der Waals surface area contributed by atoms with Gasteiger partial charge < -0.3 is 25.7 Å². The van der Waals surface area contributed by atoms with E-state index >= 15 is 0 Å². The normalized spacial score (nSPS) is 15.1. The summed E-state index contributed by atoms with van der Waals surface area (Å²) in [5.41, 5.74) is 0. The van der Waals surface area contributed by atoms with Gasteiger partial charge in [0.15, 0.2) is 0 Å². The van der Waals surface area contributed by atoms with Gasteiger partial charge in [0, 0.05) is 0 Å². The van der Waals surface area contributed by atoms with E-state index in [9.17, 15) is 25.2 Å². The van der Waals surface area contributed by atoms with Crippen molar-refractivity contribution in [2.45, 2.75) is 173 Å². The highest BCUT2D eigenvalue weighted by molar-refractivity contribution is 5.80. The maximum Gasteiger partial charge on any atom is 0.249 e. The van der Waals surface area contributed by atoms with Crippen molar-refractivity contribution in [1.82, 2.24) is 5.32 Å². The van der Waals surface area contributed by atoms with Crippen molar-refractivity contribution in [1.29, 1.82) is 0 Å². The Morgan fingerprint density at radius 2 is 1.08 bits per heavy atom. The molecule has 220 valence electrons. The maximum absolute atomic E-state index is 12.3. The predicted molar refractivity (Wildman–Crippen MR) is 154 cm³/mol. The first-order chi connectivity index (χ1) is 18.0. The van der Waals surface area contributed by atoms with Crippen LogP contribution in [0.15, 0.2) is 12.2 Å². The average Bonchev–Trinajstić information content (AvgIpc) is 2.90. The number of unbranched alkanes of at least 4 members (excludes halogenated alkanes) is 16. The van der Waals surface area contributed by atoms with Gasteiger partial charge >= 0.3 is 0 Å². The van der Waals surface area contributed by atoms with E-state index in [-0.39, 0.29) is 0 Å². The first-order valence-electron chi connectivity index (χ1n) is 15.6. The van der Waals surface area contributed by atoms with E-state index in [0.717, 1.165) is 44.9 Å². The molecule has 0 aromatic heterocycles. The summed E-state index contributed by atoms with van der Waals surface area (Å²) < 4.78 is 0. The lowest BCUT2D eigenvalue weighted by molar-refractivity contribution is -0.132. The molecule has 4 unspecified atom stereocenters. The van der Waals surface area contributed by atoms with E-state index in [0.29, 0.717) is 12.8 Å². The molecular formula is C31H61NO5. The molecule has 0 fully saturated rings. The number of amides is 1. The molecule has 0 radical (unpaired) electrons. The van der Waals surface area contributed by atoms with E-state index in [2.05, 4.69) is 31.3 Å². The van der Waals surface area contributed by atoms with Crippen LogP contribution in [0.3, 0.4) is 0 Å². The van der Waals surface area contributed by atoms with Gasteiger partial charge in [-0.25, -0.2) is 0 Å². The number of rotatable bonds is 27. The van der Waals surface area contributed by atoms with Crippen molar-refractivity contribution in [3.8, 4) is 0 Å². The minimum absolute atomic E-state index is 0.363. The van der Waals surface area contributed by atoms with Crippen molar-refractivity contribution in [2.24, 2.45) is 0 Å². The molecule has 6 heteroatoms. The van der Waals surface area contributed by atoms with E-state index in [1.54, 1.807) is 0 Å². The number of aliphatic hydroxyl groups is 4. The smallest absolute Gasteiger partial charge is 0.249 e. The minimum Gasteiger partial charge on any atom is -0.394 e. The van der Waals surface area contributed by atoms with Gasteiger partial charge in [0.05, 0.1) is 18.8 Å². The first kappa shape index (κ1) is 36.0. The Hall–Kier alpha value is -0.950. The molecule has 0 spiro atoms. The second kappa shape index (κ2) is 26.6. The molecule has 0 aliphatic heterocycles. The van der Waals surface area contributed by atoms with Crippen LogP contribution in [-0.4, -0.2) is 57.3 Å². The molecule has 0 saturated carbocycles.